The minimum absolute atomic E-state index is 0.0798. The molecule has 0 aromatic rings. The minimum atomic E-state index is -0.778. The van der Waals surface area contributed by atoms with Gasteiger partial charge in [-0.2, -0.15) is 0 Å². The highest BCUT2D eigenvalue weighted by atomic mass is 16.6. The lowest BCUT2D eigenvalue weighted by atomic mass is 10.0. The number of unbranched alkanes of at least 4 members (excludes halogenated alkanes) is 26. The molecule has 1 unspecified atom stereocenters. The van der Waals surface area contributed by atoms with Crippen LogP contribution in [0, 0.1) is 0 Å². The predicted octanol–water partition coefficient (Wildman–Crippen LogP) is 18.2. The van der Waals surface area contributed by atoms with Gasteiger partial charge in [-0.15, -0.1) is 0 Å². The van der Waals surface area contributed by atoms with Crippen LogP contribution in [0.4, 0.5) is 0 Å². The molecule has 0 aromatic carbocycles. The van der Waals surface area contributed by atoms with Crippen molar-refractivity contribution in [3.63, 3.8) is 0 Å². The number of ether oxygens (including phenoxy) is 3. The minimum Gasteiger partial charge on any atom is -0.462 e. The monoisotopic (exact) mass is 907 g/mol. The van der Waals surface area contributed by atoms with E-state index in [9.17, 15) is 14.4 Å². The summed E-state index contributed by atoms with van der Waals surface area (Å²) in [5.41, 5.74) is 0. The van der Waals surface area contributed by atoms with Crippen LogP contribution in [-0.4, -0.2) is 37.2 Å². The SMILES string of the molecule is CC/C=C\C/C=C\C/C=C\C/C=C\CCCCCCCCCCCCCCCCC(=O)OCC(COC(=O)CCCCCCCC)OC(=O)CCCCCCC/C=C\C/C=C\CCCC. The van der Waals surface area contributed by atoms with Crippen LogP contribution in [0.25, 0.3) is 0 Å². The van der Waals surface area contributed by atoms with Crippen molar-refractivity contribution in [1.82, 2.24) is 0 Å². The molecule has 0 aromatic heterocycles. The predicted molar refractivity (Wildman–Crippen MR) is 279 cm³/mol. The molecular formula is C59H102O6. The van der Waals surface area contributed by atoms with E-state index in [1.54, 1.807) is 0 Å². The number of esters is 3. The fourth-order valence-corrected chi connectivity index (χ4v) is 7.57. The third-order valence-corrected chi connectivity index (χ3v) is 11.7. The van der Waals surface area contributed by atoms with Gasteiger partial charge in [0.05, 0.1) is 0 Å². The van der Waals surface area contributed by atoms with Gasteiger partial charge in [0.1, 0.15) is 13.2 Å². The second-order valence-corrected chi connectivity index (χ2v) is 18.1. The fraction of sp³-hybridized carbons (Fsp3) is 0.746. The summed E-state index contributed by atoms with van der Waals surface area (Å²) in [6.45, 7) is 6.42. The van der Waals surface area contributed by atoms with Crippen molar-refractivity contribution in [3.8, 4) is 0 Å². The van der Waals surface area contributed by atoms with Gasteiger partial charge in [0.25, 0.3) is 0 Å². The maximum Gasteiger partial charge on any atom is 0.306 e. The van der Waals surface area contributed by atoms with E-state index in [0.29, 0.717) is 19.3 Å². The van der Waals surface area contributed by atoms with Crippen molar-refractivity contribution in [1.29, 1.82) is 0 Å². The van der Waals surface area contributed by atoms with Crippen LogP contribution in [0.15, 0.2) is 72.9 Å². The van der Waals surface area contributed by atoms with E-state index in [2.05, 4.69) is 93.7 Å². The molecule has 0 aliphatic rings. The van der Waals surface area contributed by atoms with Gasteiger partial charge in [-0.05, 0) is 83.5 Å². The number of carbonyl (C=O) groups is 3. The van der Waals surface area contributed by atoms with Crippen LogP contribution in [0.1, 0.15) is 265 Å². The molecule has 65 heavy (non-hydrogen) atoms. The van der Waals surface area contributed by atoms with Gasteiger partial charge in [-0.3, -0.25) is 14.4 Å². The largest absolute Gasteiger partial charge is 0.462 e. The van der Waals surface area contributed by atoms with Crippen molar-refractivity contribution in [2.24, 2.45) is 0 Å². The molecule has 0 rings (SSSR count). The standard InChI is InChI=1S/C59H102O6/c1-4-7-10-13-16-18-20-22-24-25-26-27-28-29-30-31-32-33-34-35-36-38-39-41-43-46-49-52-58(61)64-55-56(54-63-57(60)51-48-45-15-12-9-6-3)65-59(62)53-50-47-44-42-40-37-23-21-19-17-14-11-8-5-2/h7,10,14,16-18,21-24,26-27,56H,4-6,8-9,11-13,15,19-20,25,28-55H2,1-3H3/b10-7-,17-14-,18-16-,23-21-,24-22-,27-26-. The van der Waals surface area contributed by atoms with Crippen LogP contribution in [0.5, 0.6) is 0 Å². The summed E-state index contributed by atoms with van der Waals surface area (Å²) in [6.07, 6.45) is 67.8. The second kappa shape index (κ2) is 53.5. The van der Waals surface area contributed by atoms with Gasteiger partial charge in [-0.25, -0.2) is 0 Å². The summed E-state index contributed by atoms with van der Waals surface area (Å²) in [5, 5.41) is 0. The van der Waals surface area contributed by atoms with Crippen LogP contribution in [-0.2, 0) is 28.6 Å². The van der Waals surface area contributed by atoms with Gasteiger partial charge >= 0.3 is 17.9 Å². The summed E-state index contributed by atoms with van der Waals surface area (Å²) < 4.78 is 16.7. The highest BCUT2D eigenvalue weighted by molar-refractivity contribution is 5.71. The summed E-state index contributed by atoms with van der Waals surface area (Å²) in [4.78, 5) is 37.8. The molecule has 0 saturated carbocycles. The second-order valence-electron chi connectivity index (χ2n) is 18.1. The van der Waals surface area contributed by atoms with Crippen LogP contribution in [0.2, 0.25) is 0 Å². The molecule has 0 aliphatic heterocycles. The van der Waals surface area contributed by atoms with Gasteiger partial charge in [0, 0.05) is 19.3 Å². The quantitative estimate of drug-likeness (QED) is 0.0262. The Morgan fingerprint density at radius 3 is 0.985 bits per heavy atom. The number of allylic oxidation sites excluding steroid dienone is 12. The van der Waals surface area contributed by atoms with Crippen molar-refractivity contribution in [2.75, 3.05) is 13.2 Å². The lowest BCUT2D eigenvalue weighted by Crippen LogP contribution is -2.30. The Bertz CT molecular complexity index is 1230. The highest BCUT2D eigenvalue weighted by Crippen LogP contribution is 2.15. The molecule has 0 radical (unpaired) electrons. The molecule has 0 heterocycles. The van der Waals surface area contributed by atoms with Gasteiger partial charge in [0.2, 0.25) is 0 Å². The molecule has 6 nitrogen and oxygen atoms in total. The van der Waals surface area contributed by atoms with Crippen molar-refractivity contribution in [2.45, 2.75) is 271 Å². The van der Waals surface area contributed by atoms with Gasteiger partial charge in [0.15, 0.2) is 6.10 Å². The fourth-order valence-electron chi connectivity index (χ4n) is 7.57. The van der Waals surface area contributed by atoms with E-state index in [-0.39, 0.29) is 31.1 Å². The molecule has 0 saturated heterocycles. The molecule has 1 atom stereocenters. The summed E-state index contributed by atoms with van der Waals surface area (Å²) >= 11 is 0. The van der Waals surface area contributed by atoms with E-state index in [4.69, 9.17) is 14.2 Å². The zero-order valence-corrected chi connectivity index (χ0v) is 42.7. The topological polar surface area (TPSA) is 78.9 Å². The van der Waals surface area contributed by atoms with E-state index < -0.39 is 6.10 Å². The number of hydrogen-bond acceptors (Lipinski definition) is 6. The van der Waals surface area contributed by atoms with Gasteiger partial charge < -0.3 is 14.2 Å². The zero-order valence-electron chi connectivity index (χ0n) is 42.7. The summed E-state index contributed by atoms with van der Waals surface area (Å²) in [5.74, 6) is -0.900. The first-order chi connectivity index (χ1) is 32.0. The molecule has 0 spiro atoms. The summed E-state index contributed by atoms with van der Waals surface area (Å²) in [6, 6.07) is 0. The Labute approximate surface area is 402 Å². The molecule has 374 valence electrons. The first-order valence-corrected chi connectivity index (χ1v) is 27.4. The molecular weight excluding hydrogens is 805 g/mol. The van der Waals surface area contributed by atoms with Crippen LogP contribution < -0.4 is 0 Å². The Kier molecular flexibility index (Phi) is 50.9. The molecule has 0 aliphatic carbocycles. The van der Waals surface area contributed by atoms with Crippen LogP contribution in [0.3, 0.4) is 0 Å². The zero-order chi connectivity index (χ0) is 47.2. The number of hydrogen-bond donors (Lipinski definition) is 0. The Hall–Kier alpha value is -3.15. The molecule has 0 bridgehead atoms. The number of rotatable bonds is 49. The Morgan fingerprint density at radius 2 is 0.615 bits per heavy atom. The average Bonchev–Trinajstić information content (AvgIpc) is 3.30. The highest BCUT2D eigenvalue weighted by Gasteiger charge is 2.19. The van der Waals surface area contributed by atoms with Crippen molar-refractivity contribution >= 4 is 17.9 Å². The average molecular weight is 907 g/mol. The Balaban J connectivity index is 4.08. The normalized spacial score (nSPS) is 12.6. The maximum absolute atomic E-state index is 12.7. The summed E-state index contributed by atoms with van der Waals surface area (Å²) in [7, 11) is 0. The van der Waals surface area contributed by atoms with E-state index in [1.807, 2.05) is 0 Å². The molecule has 0 N–H and O–H groups in total. The van der Waals surface area contributed by atoms with E-state index in [0.717, 1.165) is 109 Å². The third kappa shape index (κ3) is 51.7. The first-order valence-electron chi connectivity index (χ1n) is 27.4. The molecule has 0 amide bonds. The first kappa shape index (κ1) is 61.9. The maximum atomic E-state index is 12.7. The van der Waals surface area contributed by atoms with Crippen LogP contribution >= 0.6 is 0 Å². The molecule has 6 heteroatoms. The van der Waals surface area contributed by atoms with Crippen molar-refractivity contribution in [3.05, 3.63) is 72.9 Å². The lowest BCUT2D eigenvalue weighted by Gasteiger charge is -2.18. The number of carbonyl (C=O) groups excluding carboxylic acids is 3. The smallest absolute Gasteiger partial charge is 0.306 e. The van der Waals surface area contributed by atoms with E-state index in [1.165, 1.54) is 116 Å². The van der Waals surface area contributed by atoms with Gasteiger partial charge in [-0.1, -0.05) is 235 Å². The molecule has 0 fully saturated rings. The van der Waals surface area contributed by atoms with E-state index >= 15 is 0 Å². The Morgan fingerprint density at radius 1 is 0.323 bits per heavy atom. The third-order valence-electron chi connectivity index (χ3n) is 11.7. The van der Waals surface area contributed by atoms with Crippen molar-refractivity contribution < 1.29 is 28.6 Å². The lowest BCUT2D eigenvalue weighted by molar-refractivity contribution is -0.167.